The molecule has 0 aliphatic rings. The van der Waals surface area contributed by atoms with Gasteiger partial charge in [0, 0.05) is 10.7 Å². The monoisotopic (exact) mass is 416 g/mol. The molecule has 0 saturated heterocycles. The number of nitrogens with zero attached hydrogens (tertiary/aromatic N) is 3. The topological polar surface area (TPSA) is 99.8 Å². The quantitative estimate of drug-likeness (QED) is 0.436. The average Bonchev–Trinajstić information content (AvgIpc) is 3.04. The summed E-state index contributed by atoms with van der Waals surface area (Å²) in [7, 11) is -4.61. The van der Waals surface area contributed by atoms with Gasteiger partial charge in [0.2, 0.25) is 0 Å². The molecular formula is C19H18ClN4O3P. The highest BCUT2D eigenvalue weighted by Gasteiger charge is 2.27. The van der Waals surface area contributed by atoms with Gasteiger partial charge in [0.1, 0.15) is 11.8 Å². The van der Waals surface area contributed by atoms with Gasteiger partial charge in [-0.2, -0.15) is 0 Å². The number of halogens is 1. The van der Waals surface area contributed by atoms with Crippen molar-refractivity contribution in [2.75, 3.05) is 5.32 Å². The molecule has 2 heterocycles. The van der Waals surface area contributed by atoms with Crippen LogP contribution >= 0.6 is 19.2 Å². The van der Waals surface area contributed by atoms with Crippen LogP contribution < -0.4 is 10.8 Å². The first-order chi connectivity index (χ1) is 13.1. The number of aromatic nitrogens is 3. The maximum absolute atomic E-state index is 12.0. The Kier molecular flexibility index (Phi) is 4.43. The molecule has 2 aromatic heterocycles. The van der Waals surface area contributed by atoms with E-state index in [0.717, 1.165) is 22.4 Å². The van der Waals surface area contributed by atoms with E-state index >= 15 is 0 Å². The summed E-state index contributed by atoms with van der Waals surface area (Å²) in [6.45, 7) is 5.96. The predicted molar refractivity (Wildman–Crippen MR) is 111 cm³/mol. The molecule has 28 heavy (non-hydrogen) atoms. The lowest BCUT2D eigenvalue weighted by molar-refractivity contribution is 0.386. The molecule has 0 atom stereocenters. The smallest absolute Gasteiger partial charge is 0.338 e. The van der Waals surface area contributed by atoms with Gasteiger partial charge in [-0.15, -0.1) is 0 Å². The Balaban J connectivity index is 2.05. The first-order valence-electron chi connectivity index (χ1n) is 8.52. The van der Waals surface area contributed by atoms with E-state index in [1.807, 2.05) is 32.9 Å². The van der Waals surface area contributed by atoms with Crippen molar-refractivity contribution < 1.29 is 14.4 Å². The van der Waals surface area contributed by atoms with Crippen molar-refractivity contribution in [1.82, 2.24) is 14.4 Å². The zero-order valence-electron chi connectivity index (χ0n) is 15.4. The molecule has 0 radical (unpaired) electrons. The van der Waals surface area contributed by atoms with Crippen LogP contribution in [0.1, 0.15) is 16.7 Å². The van der Waals surface area contributed by atoms with Gasteiger partial charge >= 0.3 is 7.60 Å². The SMILES string of the molecule is Cc1cc(C)c(Nc2nc3ccc(Cl)cc3n3cnc(P(=O)(O)O)c23)c(C)c1. The first-order valence-corrected chi connectivity index (χ1v) is 10.5. The van der Waals surface area contributed by atoms with E-state index in [4.69, 9.17) is 11.6 Å². The minimum Gasteiger partial charge on any atom is -0.338 e. The summed E-state index contributed by atoms with van der Waals surface area (Å²) in [6.07, 6.45) is 1.38. The Morgan fingerprint density at radius 3 is 2.43 bits per heavy atom. The molecule has 7 nitrogen and oxygen atoms in total. The second-order valence-electron chi connectivity index (χ2n) is 6.82. The number of fused-ring (bicyclic) bond motifs is 3. The van der Waals surface area contributed by atoms with Crippen LogP contribution in [-0.2, 0) is 4.57 Å². The van der Waals surface area contributed by atoms with E-state index in [1.54, 1.807) is 22.6 Å². The van der Waals surface area contributed by atoms with Gasteiger partial charge in [-0.25, -0.2) is 9.97 Å². The summed E-state index contributed by atoms with van der Waals surface area (Å²) >= 11 is 6.11. The molecule has 2 aromatic carbocycles. The minimum absolute atomic E-state index is 0.225. The number of hydrogen-bond donors (Lipinski definition) is 3. The van der Waals surface area contributed by atoms with Crippen LogP contribution in [0.15, 0.2) is 36.7 Å². The molecule has 4 aromatic rings. The van der Waals surface area contributed by atoms with E-state index in [2.05, 4.69) is 15.3 Å². The Bertz CT molecular complexity index is 1270. The van der Waals surface area contributed by atoms with Crippen LogP contribution in [0.25, 0.3) is 16.6 Å². The van der Waals surface area contributed by atoms with E-state index in [0.29, 0.717) is 21.9 Å². The fourth-order valence-electron chi connectivity index (χ4n) is 3.50. The Labute approximate surface area is 166 Å². The lowest BCUT2D eigenvalue weighted by Gasteiger charge is -2.16. The number of aryl methyl sites for hydroxylation is 3. The molecule has 3 N–H and O–H groups in total. The Hall–Kier alpha value is -2.44. The molecule has 0 unspecified atom stereocenters. The normalized spacial score (nSPS) is 12.1. The van der Waals surface area contributed by atoms with Crippen LogP contribution in [0.5, 0.6) is 0 Å². The van der Waals surface area contributed by atoms with Gasteiger partial charge in [-0.05, 0) is 50.1 Å². The zero-order chi connectivity index (χ0) is 20.2. The van der Waals surface area contributed by atoms with Crippen LogP contribution in [-0.4, -0.2) is 24.2 Å². The van der Waals surface area contributed by atoms with Gasteiger partial charge in [0.15, 0.2) is 11.3 Å². The maximum Gasteiger partial charge on any atom is 0.376 e. The molecule has 0 spiro atoms. The van der Waals surface area contributed by atoms with Crippen molar-refractivity contribution in [2.45, 2.75) is 20.8 Å². The second kappa shape index (κ2) is 6.57. The lowest BCUT2D eigenvalue weighted by Crippen LogP contribution is -2.10. The summed E-state index contributed by atoms with van der Waals surface area (Å²) in [5, 5.41) is 3.76. The zero-order valence-corrected chi connectivity index (χ0v) is 17.1. The molecule has 0 fully saturated rings. The van der Waals surface area contributed by atoms with Crippen LogP contribution in [0.3, 0.4) is 0 Å². The number of imidazole rings is 1. The molecule has 0 aliphatic heterocycles. The number of benzene rings is 2. The highest BCUT2D eigenvalue weighted by Crippen LogP contribution is 2.38. The van der Waals surface area contributed by atoms with E-state index < -0.39 is 7.60 Å². The van der Waals surface area contributed by atoms with E-state index in [9.17, 15) is 14.4 Å². The minimum atomic E-state index is -4.61. The Morgan fingerprint density at radius 2 is 1.79 bits per heavy atom. The van der Waals surface area contributed by atoms with Gasteiger partial charge in [-0.1, -0.05) is 29.3 Å². The molecular weight excluding hydrogens is 399 g/mol. The van der Waals surface area contributed by atoms with Crippen molar-refractivity contribution in [3.05, 3.63) is 58.4 Å². The first kappa shape index (κ1) is 18.9. The second-order valence-corrected chi connectivity index (χ2v) is 8.77. The van der Waals surface area contributed by atoms with Crippen molar-refractivity contribution in [1.29, 1.82) is 0 Å². The standard InChI is InChI=1S/C19H18ClN4O3P/c1-10-6-11(2)16(12(3)7-10)23-18-17-19(28(25,26)27)21-9-24(17)15-8-13(20)4-5-14(15)22-18/h4-9H,1-3H3,(H,22,23)(H2,25,26,27). The van der Waals surface area contributed by atoms with Gasteiger partial charge in [0.25, 0.3) is 0 Å². The number of hydrogen-bond acceptors (Lipinski definition) is 4. The highest BCUT2D eigenvalue weighted by atomic mass is 35.5. The Morgan fingerprint density at radius 1 is 1.11 bits per heavy atom. The summed E-state index contributed by atoms with van der Waals surface area (Å²) < 4.78 is 13.6. The predicted octanol–water partition coefficient (Wildman–Crippen LogP) is 4.01. The fourth-order valence-corrected chi connectivity index (χ4v) is 4.35. The fraction of sp³-hybridized carbons (Fsp3) is 0.158. The summed E-state index contributed by atoms with van der Waals surface area (Å²) in [6, 6.07) is 9.24. The van der Waals surface area contributed by atoms with Crippen molar-refractivity contribution in [3.8, 4) is 0 Å². The third kappa shape index (κ3) is 3.16. The van der Waals surface area contributed by atoms with Crippen LogP contribution in [0, 0.1) is 20.8 Å². The highest BCUT2D eigenvalue weighted by molar-refractivity contribution is 7.60. The van der Waals surface area contributed by atoms with Crippen molar-refractivity contribution in [3.63, 3.8) is 0 Å². The van der Waals surface area contributed by atoms with Crippen molar-refractivity contribution >= 4 is 52.7 Å². The third-order valence-corrected chi connectivity index (χ3v) is 5.71. The summed E-state index contributed by atoms with van der Waals surface area (Å²) in [4.78, 5) is 28.2. The van der Waals surface area contributed by atoms with Gasteiger partial charge in [-0.3, -0.25) is 8.97 Å². The molecule has 0 bridgehead atoms. The number of anilines is 2. The lowest BCUT2D eigenvalue weighted by atomic mass is 10.1. The maximum atomic E-state index is 12.0. The van der Waals surface area contributed by atoms with Gasteiger partial charge in [0.05, 0.1) is 11.0 Å². The van der Waals surface area contributed by atoms with E-state index in [1.165, 1.54) is 6.33 Å². The number of nitrogens with one attached hydrogen (secondary N) is 1. The molecule has 144 valence electrons. The molecule has 4 rings (SSSR count). The molecule has 0 amide bonds. The average molecular weight is 417 g/mol. The van der Waals surface area contributed by atoms with Crippen molar-refractivity contribution in [2.24, 2.45) is 0 Å². The van der Waals surface area contributed by atoms with Gasteiger partial charge < -0.3 is 15.1 Å². The third-order valence-electron chi connectivity index (χ3n) is 4.60. The molecule has 9 heteroatoms. The van der Waals surface area contributed by atoms with Crippen LogP contribution in [0.2, 0.25) is 5.02 Å². The van der Waals surface area contributed by atoms with E-state index in [-0.39, 0.29) is 11.0 Å². The largest absolute Gasteiger partial charge is 0.376 e. The molecule has 0 aliphatic carbocycles. The summed E-state index contributed by atoms with van der Waals surface area (Å²) in [5.74, 6) is 0.320. The van der Waals surface area contributed by atoms with Crippen LogP contribution in [0.4, 0.5) is 11.5 Å². The number of rotatable bonds is 3. The summed E-state index contributed by atoms with van der Waals surface area (Å²) in [5.41, 5.74) is 5.11. The molecule has 0 saturated carbocycles.